The van der Waals surface area contributed by atoms with Crippen LogP contribution in [-0.2, 0) is 11.3 Å². The number of hydrogen-bond acceptors (Lipinski definition) is 3. The second kappa shape index (κ2) is 4.14. The minimum absolute atomic E-state index is 0.715. The minimum Gasteiger partial charge on any atom is -0.399 e. The molecule has 0 radical (unpaired) electrons. The first-order valence-electron chi connectivity index (χ1n) is 4.98. The van der Waals surface area contributed by atoms with Gasteiger partial charge in [0.25, 0.3) is 0 Å². The van der Waals surface area contributed by atoms with Gasteiger partial charge in [-0.1, -0.05) is 11.2 Å². The zero-order valence-corrected chi connectivity index (χ0v) is 8.66. The summed E-state index contributed by atoms with van der Waals surface area (Å²) in [6.45, 7) is 0. The Morgan fingerprint density at radius 2 is 2.27 bits per heavy atom. The van der Waals surface area contributed by atoms with Crippen LogP contribution in [0.15, 0.2) is 23.4 Å². The summed E-state index contributed by atoms with van der Waals surface area (Å²) in [7, 11) is 1.56. The zero-order chi connectivity index (χ0) is 10.7. The van der Waals surface area contributed by atoms with E-state index in [9.17, 15) is 0 Å². The fourth-order valence-electron chi connectivity index (χ4n) is 1.94. The van der Waals surface area contributed by atoms with Gasteiger partial charge in [0.1, 0.15) is 7.11 Å². The molecule has 0 saturated heterocycles. The maximum absolute atomic E-state index is 8.80. The third-order valence-electron chi connectivity index (χ3n) is 2.61. The fourth-order valence-corrected chi connectivity index (χ4v) is 1.94. The van der Waals surface area contributed by atoms with E-state index in [4.69, 9.17) is 10.1 Å². The average Bonchev–Trinajstić information content (AvgIpc) is 2.29. The Morgan fingerprint density at radius 3 is 3.00 bits per heavy atom. The summed E-state index contributed by atoms with van der Waals surface area (Å²) in [4.78, 5) is 4.82. The second-order valence-corrected chi connectivity index (χ2v) is 3.56. The Labute approximate surface area is 89.0 Å². The van der Waals surface area contributed by atoms with Gasteiger partial charge in [-0.15, -0.1) is 0 Å². The summed E-state index contributed by atoms with van der Waals surface area (Å²) in [6.07, 6.45) is 3.05. The predicted molar refractivity (Wildman–Crippen MR) is 57.6 cm³/mol. The van der Waals surface area contributed by atoms with Gasteiger partial charge in [0.15, 0.2) is 0 Å². The number of nitrogens with zero attached hydrogens (tertiary/aromatic N) is 2. The number of rotatable bonds is 1. The molecule has 76 valence electrons. The maximum Gasteiger partial charge on any atom is 0.106 e. The summed E-state index contributed by atoms with van der Waals surface area (Å²) in [5, 5.41) is 12.8. The van der Waals surface area contributed by atoms with Crippen molar-refractivity contribution in [3.8, 4) is 6.07 Å². The van der Waals surface area contributed by atoms with Gasteiger partial charge in [-0.25, -0.2) is 0 Å². The van der Waals surface area contributed by atoms with Gasteiger partial charge in [-0.05, 0) is 37.0 Å². The molecule has 0 fully saturated rings. The number of benzene rings is 1. The van der Waals surface area contributed by atoms with Crippen LogP contribution in [0.2, 0.25) is 0 Å². The molecule has 1 aliphatic rings. The third kappa shape index (κ3) is 1.84. The molecule has 2 rings (SSSR count). The van der Waals surface area contributed by atoms with E-state index in [0.717, 1.165) is 30.5 Å². The quantitative estimate of drug-likeness (QED) is 0.652. The lowest BCUT2D eigenvalue weighted by atomic mass is 9.89. The van der Waals surface area contributed by atoms with E-state index in [-0.39, 0.29) is 0 Å². The highest BCUT2D eigenvalue weighted by molar-refractivity contribution is 6.02. The van der Waals surface area contributed by atoms with Crippen molar-refractivity contribution in [1.82, 2.24) is 0 Å². The molecule has 0 N–H and O–H groups in total. The Balaban J connectivity index is 2.46. The minimum atomic E-state index is 0.715. The summed E-state index contributed by atoms with van der Waals surface area (Å²) in [5.74, 6) is 0. The van der Waals surface area contributed by atoms with Crippen molar-refractivity contribution in [3.63, 3.8) is 0 Å². The molecule has 15 heavy (non-hydrogen) atoms. The Kier molecular flexibility index (Phi) is 2.68. The molecule has 0 aliphatic heterocycles. The molecule has 0 saturated carbocycles. The van der Waals surface area contributed by atoms with Crippen LogP contribution in [0.4, 0.5) is 0 Å². The van der Waals surface area contributed by atoms with Crippen molar-refractivity contribution >= 4 is 5.71 Å². The van der Waals surface area contributed by atoms with Crippen LogP contribution in [0.3, 0.4) is 0 Å². The van der Waals surface area contributed by atoms with Crippen LogP contribution in [0.1, 0.15) is 29.5 Å². The van der Waals surface area contributed by atoms with Crippen molar-refractivity contribution in [2.75, 3.05) is 7.11 Å². The SMILES string of the molecule is CO/N=C1/CCCc2cc(C#N)ccc21. The number of aryl methyl sites for hydroxylation is 1. The van der Waals surface area contributed by atoms with Crippen LogP contribution in [0.25, 0.3) is 0 Å². The Bertz CT molecular complexity index is 443. The fraction of sp³-hybridized carbons (Fsp3) is 0.333. The molecule has 0 atom stereocenters. The highest BCUT2D eigenvalue weighted by atomic mass is 16.6. The second-order valence-electron chi connectivity index (χ2n) is 3.56. The molecule has 1 aromatic carbocycles. The van der Waals surface area contributed by atoms with Gasteiger partial charge in [-0.3, -0.25) is 0 Å². The topological polar surface area (TPSA) is 45.4 Å². The molecular formula is C12H12N2O. The molecule has 0 unspecified atom stereocenters. The van der Waals surface area contributed by atoms with Crippen LogP contribution < -0.4 is 0 Å². The number of fused-ring (bicyclic) bond motifs is 1. The Morgan fingerprint density at radius 1 is 1.40 bits per heavy atom. The Hall–Kier alpha value is -1.82. The standard InChI is InChI=1S/C12H12N2O/c1-15-14-12-4-2-3-10-7-9(8-13)5-6-11(10)12/h5-7H,2-4H2,1H3/b14-12-. The first-order chi connectivity index (χ1) is 7.35. The summed E-state index contributed by atoms with van der Waals surface area (Å²) in [5.41, 5.74) is 4.04. The molecule has 3 nitrogen and oxygen atoms in total. The van der Waals surface area contributed by atoms with Crippen molar-refractivity contribution in [2.24, 2.45) is 5.16 Å². The maximum atomic E-state index is 8.80. The predicted octanol–water partition coefficient (Wildman–Crippen LogP) is 2.25. The van der Waals surface area contributed by atoms with E-state index in [2.05, 4.69) is 11.2 Å². The van der Waals surface area contributed by atoms with E-state index in [0.29, 0.717) is 5.56 Å². The van der Waals surface area contributed by atoms with Crippen molar-refractivity contribution < 1.29 is 4.84 Å². The van der Waals surface area contributed by atoms with Gasteiger partial charge in [0.2, 0.25) is 0 Å². The van der Waals surface area contributed by atoms with E-state index in [1.807, 2.05) is 18.2 Å². The third-order valence-corrected chi connectivity index (χ3v) is 2.61. The lowest BCUT2D eigenvalue weighted by Gasteiger charge is -2.16. The number of hydrogen-bond donors (Lipinski definition) is 0. The molecule has 0 bridgehead atoms. The summed E-state index contributed by atoms with van der Waals surface area (Å²) >= 11 is 0. The van der Waals surface area contributed by atoms with Crippen LogP contribution >= 0.6 is 0 Å². The van der Waals surface area contributed by atoms with E-state index >= 15 is 0 Å². The smallest absolute Gasteiger partial charge is 0.106 e. The molecule has 1 aliphatic carbocycles. The van der Waals surface area contributed by atoms with Gasteiger partial charge in [0.05, 0.1) is 17.3 Å². The van der Waals surface area contributed by atoms with Crippen molar-refractivity contribution in [1.29, 1.82) is 5.26 Å². The summed E-state index contributed by atoms with van der Waals surface area (Å²) in [6, 6.07) is 7.89. The van der Waals surface area contributed by atoms with Crippen LogP contribution in [0, 0.1) is 11.3 Å². The van der Waals surface area contributed by atoms with Crippen LogP contribution in [-0.4, -0.2) is 12.8 Å². The number of oxime groups is 1. The van der Waals surface area contributed by atoms with Gasteiger partial charge in [0, 0.05) is 5.56 Å². The monoisotopic (exact) mass is 200 g/mol. The van der Waals surface area contributed by atoms with Crippen LogP contribution in [0.5, 0.6) is 0 Å². The van der Waals surface area contributed by atoms with E-state index in [1.165, 1.54) is 5.56 Å². The molecule has 0 heterocycles. The summed E-state index contributed by atoms with van der Waals surface area (Å²) < 4.78 is 0. The lowest BCUT2D eigenvalue weighted by molar-refractivity contribution is 0.212. The highest BCUT2D eigenvalue weighted by Crippen LogP contribution is 2.22. The van der Waals surface area contributed by atoms with Gasteiger partial charge in [-0.2, -0.15) is 5.26 Å². The molecule has 0 amide bonds. The molecule has 1 aromatic rings. The van der Waals surface area contributed by atoms with Gasteiger partial charge >= 0.3 is 0 Å². The largest absolute Gasteiger partial charge is 0.399 e. The normalized spacial score (nSPS) is 16.9. The van der Waals surface area contributed by atoms with Crippen molar-refractivity contribution in [3.05, 3.63) is 34.9 Å². The average molecular weight is 200 g/mol. The van der Waals surface area contributed by atoms with Crippen molar-refractivity contribution in [2.45, 2.75) is 19.3 Å². The molecule has 3 heteroatoms. The number of nitriles is 1. The highest BCUT2D eigenvalue weighted by Gasteiger charge is 2.16. The lowest BCUT2D eigenvalue weighted by Crippen LogP contribution is -2.12. The first-order valence-corrected chi connectivity index (χ1v) is 4.98. The van der Waals surface area contributed by atoms with Gasteiger partial charge < -0.3 is 4.84 Å². The molecular weight excluding hydrogens is 188 g/mol. The molecule has 0 aromatic heterocycles. The first kappa shape index (κ1) is 9.72. The van der Waals surface area contributed by atoms with E-state index in [1.54, 1.807) is 7.11 Å². The van der Waals surface area contributed by atoms with E-state index < -0.39 is 0 Å². The molecule has 0 spiro atoms. The zero-order valence-electron chi connectivity index (χ0n) is 8.66.